The summed E-state index contributed by atoms with van der Waals surface area (Å²) in [4.78, 5) is 14.6. The highest BCUT2D eigenvalue weighted by molar-refractivity contribution is 9.10. The van der Waals surface area contributed by atoms with Crippen molar-refractivity contribution in [2.24, 2.45) is 0 Å². The van der Waals surface area contributed by atoms with E-state index in [1.807, 2.05) is 19.1 Å². The van der Waals surface area contributed by atoms with E-state index < -0.39 is 4.92 Å². The summed E-state index contributed by atoms with van der Waals surface area (Å²) in [5.74, 6) is 1.18. The number of nitrogens with one attached hydrogen (secondary N) is 1. The van der Waals surface area contributed by atoms with Crippen LogP contribution in [0.15, 0.2) is 41.0 Å². The Hall–Kier alpha value is -2.15. The number of non-ortho nitro benzene ring substituents is 1. The molecule has 0 aliphatic heterocycles. The van der Waals surface area contributed by atoms with Gasteiger partial charge in [-0.2, -0.15) is 0 Å². The monoisotopic (exact) mass is 351 g/mol. The van der Waals surface area contributed by atoms with Gasteiger partial charge in [-0.1, -0.05) is 6.07 Å². The van der Waals surface area contributed by atoms with Gasteiger partial charge in [0.15, 0.2) is 0 Å². The van der Waals surface area contributed by atoms with E-state index in [0.717, 1.165) is 17.9 Å². The molecule has 0 spiro atoms. The first-order valence-electron chi connectivity index (χ1n) is 6.36. The highest BCUT2D eigenvalue weighted by Crippen LogP contribution is 2.30. The normalized spacial score (nSPS) is 10.2. The van der Waals surface area contributed by atoms with E-state index in [9.17, 15) is 10.1 Å². The summed E-state index contributed by atoms with van der Waals surface area (Å²) in [7, 11) is 0. The number of benzene rings is 1. The summed E-state index contributed by atoms with van der Waals surface area (Å²) in [6.45, 7) is 3.01. The molecule has 0 radical (unpaired) electrons. The molecule has 2 aromatic rings. The molecule has 1 aromatic heterocycles. The molecule has 0 aliphatic rings. The summed E-state index contributed by atoms with van der Waals surface area (Å²) in [5, 5.41) is 13.9. The third-order valence-corrected chi connectivity index (χ3v) is 3.40. The Morgan fingerprint density at radius 2 is 2.24 bits per heavy atom. The standard InChI is InChI=1S/C14H14BrN3O3/c1-2-16-14-10(4-3-7-17-14)9-21-13-8-11(18(19)20)5-6-12(13)15/h3-8H,2,9H2,1H3,(H,16,17). The molecule has 7 heteroatoms. The number of hydrogen-bond acceptors (Lipinski definition) is 5. The van der Waals surface area contributed by atoms with Crippen molar-refractivity contribution in [3.8, 4) is 5.75 Å². The average molecular weight is 352 g/mol. The van der Waals surface area contributed by atoms with Gasteiger partial charge in [-0.3, -0.25) is 10.1 Å². The fraction of sp³-hybridized carbons (Fsp3) is 0.214. The number of anilines is 1. The maximum Gasteiger partial charge on any atom is 0.273 e. The van der Waals surface area contributed by atoms with Crippen LogP contribution in [0, 0.1) is 10.1 Å². The highest BCUT2D eigenvalue weighted by atomic mass is 79.9. The zero-order chi connectivity index (χ0) is 15.2. The molecule has 6 nitrogen and oxygen atoms in total. The number of nitro groups is 1. The zero-order valence-corrected chi connectivity index (χ0v) is 13.0. The molecule has 0 bridgehead atoms. The van der Waals surface area contributed by atoms with Gasteiger partial charge in [0.1, 0.15) is 18.2 Å². The summed E-state index contributed by atoms with van der Waals surface area (Å²) in [5.41, 5.74) is 0.879. The van der Waals surface area contributed by atoms with Crippen molar-refractivity contribution >= 4 is 27.4 Å². The Bertz CT molecular complexity index is 649. The summed E-state index contributed by atoms with van der Waals surface area (Å²) in [6, 6.07) is 8.14. The second kappa shape index (κ2) is 7.03. The molecule has 0 unspecified atom stereocenters. The Morgan fingerprint density at radius 1 is 1.43 bits per heavy atom. The smallest absolute Gasteiger partial charge is 0.273 e. The van der Waals surface area contributed by atoms with Gasteiger partial charge in [-0.15, -0.1) is 0 Å². The summed E-state index contributed by atoms with van der Waals surface area (Å²) >= 11 is 3.32. The van der Waals surface area contributed by atoms with Gasteiger partial charge in [0, 0.05) is 24.4 Å². The molecule has 1 heterocycles. The van der Waals surface area contributed by atoms with Gasteiger partial charge in [0.05, 0.1) is 15.5 Å². The van der Waals surface area contributed by atoms with Crippen LogP contribution in [0.5, 0.6) is 5.75 Å². The van der Waals surface area contributed by atoms with Crippen LogP contribution < -0.4 is 10.1 Å². The molecule has 0 aliphatic carbocycles. The van der Waals surface area contributed by atoms with E-state index in [2.05, 4.69) is 26.2 Å². The lowest BCUT2D eigenvalue weighted by Gasteiger charge is -2.11. The molecule has 0 fully saturated rings. The van der Waals surface area contributed by atoms with Crippen LogP contribution >= 0.6 is 15.9 Å². The van der Waals surface area contributed by atoms with Gasteiger partial charge in [0.2, 0.25) is 0 Å². The molecular weight excluding hydrogens is 338 g/mol. The van der Waals surface area contributed by atoms with Crippen molar-refractivity contribution in [3.05, 3.63) is 56.7 Å². The second-order valence-electron chi connectivity index (χ2n) is 4.20. The lowest BCUT2D eigenvalue weighted by atomic mass is 10.2. The topological polar surface area (TPSA) is 77.3 Å². The molecule has 1 N–H and O–H groups in total. The molecule has 0 saturated heterocycles. The van der Waals surface area contributed by atoms with Gasteiger partial charge in [0.25, 0.3) is 5.69 Å². The van der Waals surface area contributed by atoms with Crippen LogP contribution in [0.4, 0.5) is 11.5 Å². The maximum absolute atomic E-state index is 10.8. The molecule has 0 saturated carbocycles. The van der Waals surface area contributed by atoms with Gasteiger partial charge in [-0.25, -0.2) is 4.98 Å². The first kappa shape index (κ1) is 15.2. The molecule has 21 heavy (non-hydrogen) atoms. The fourth-order valence-electron chi connectivity index (χ4n) is 1.75. The van der Waals surface area contributed by atoms with E-state index in [1.54, 1.807) is 12.3 Å². The highest BCUT2D eigenvalue weighted by Gasteiger charge is 2.11. The number of hydrogen-bond donors (Lipinski definition) is 1. The molecule has 0 amide bonds. The van der Waals surface area contributed by atoms with Gasteiger partial charge < -0.3 is 10.1 Å². The minimum atomic E-state index is -0.451. The van der Waals surface area contributed by atoms with E-state index in [4.69, 9.17) is 4.74 Å². The van der Waals surface area contributed by atoms with Crippen LogP contribution in [-0.2, 0) is 6.61 Å². The lowest BCUT2D eigenvalue weighted by Crippen LogP contribution is -2.05. The first-order valence-corrected chi connectivity index (χ1v) is 7.15. The van der Waals surface area contributed by atoms with Crippen molar-refractivity contribution in [1.29, 1.82) is 0 Å². The number of pyridine rings is 1. The predicted molar refractivity (Wildman–Crippen MR) is 83.5 cm³/mol. The van der Waals surface area contributed by atoms with E-state index in [1.165, 1.54) is 12.1 Å². The summed E-state index contributed by atoms with van der Waals surface area (Å²) < 4.78 is 6.34. The van der Waals surface area contributed by atoms with E-state index in [-0.39, 0.29) is 12.3 Å². The number of ether oxygens (including phenoxy) is 1. The average Bonchev–Trinajstić information content (AvgIpc) is 2.48. The number of rotatable bonds is 6. The van der Waals surface area contributed by atoms with Crippen molar-refractivity contribution in [2.75, 3.05) is 11.9 Å². The molecule has 110 valence electrons. The minimum absolute atomic E-state index is 0.00806. The second-order valence-corrected chi connectivity index (χ2v) is 5.06. The number of halogens is 1. The van der Waals surface area contributed by atoms with Crippen LogP contribution in [-0.4, -0.2) is 16.5 Å². The zero-order valence-electron chi connectivity index (χ0n) is 11.4. The molecule has 0 atom stereocenters. The Labute approximate surface area is 130 Å². The molecular formula is C14H14BrN3O3. The first-order chi connectivity index (χ1) is 10.1. The largest absolute Gasteiger partial charge is 0.487 e. The third-order valence-electron chi connectivity index (χ3n) is 2.74. The third kappa shape index (κ3) is 3.91. The Morgan fingerprint density at radius 3 is 2.95 bits per heavy atom. The van der Waals surface area contributed by atoms with Crippen molar-refractivity contribution < 1.29 is 9.66 Å². The summed E-state index contributed by atoms with van der Waals surface area (Å²) in [6.07, 6.45) is 1.70. The molecule has 2 rings (SSSR count). The number of nitrogens with zero attached hydrogens (tertiary/aromatic N) is 2. The van der Waals surface area contributed by atoms with Crippen LogP contribution in [0.25, 0.3) is 0 Å². The SMILES string of the molecule is CCNc1ncccc1COc1cc([N+](=O)[O-])ccc1Br. The molecule has 1 aromatic carbocycles. The lowest BCUT2D eigenvalue weighted by molar-refractivity contribution is -0.385. The van der Waals surface area contributed by atoms with Crippen molar-refractivity contribution in [2.45, 2.75) is 13.5 Å². The van der Waals surface area contributed by atoms with Crippen molar-refractivity contribution in [3.63, 3.8) is 0 Å². The minimum Gasteiger partial charge on any atom is -0.487 e. The van der Waals surface area contributed by atoms with E-state index in [0.29, 0.717) is 10.2 Å². The van der Waals surface area contributed by atoms with Crippen LogP contribution in [0.3, 0.4) is 0 Å². The fourth-order valence-corrected chi connectivity index (χ4v) is 2.11. The van der Waals surface area contributed by atoms with Gasteiger partial charge >= 0.3 is 0 Å². The van der Waals surface area contributed by atoms with Crippen LogP contribution in [0.2, 0.25) is 0 Å². The number of aromatic nitrogens is 1. The van der Waals surface area contributed by atoms with Crippen molar-refractivity contribution in [1.82, 2.24) is 4.98 Å². The van der Waals surface area contributed by atoms with E-state index >= 15 is 0 Å². The number of nitro benzene ring substituents is 1. The Balaban J connectivity index is 2.16. The quantitative estimate of drug-likeness (QED) is 0.633. The van der Waals surface area contributed by atoms with Crippen LogP contribution in [0.1, 0.15) is 12.5 Å². The predicted octanol–water partition coefficient (Wildman–Crippen LogP) is 3.76. The maximum atomic E-state index is 10.8. The van der Waals surface area contributed by atoms with Gasteiger partial charge in [-0.05, 0) is 35.0 Å². The Kier molecular flexibility index (Phi) is 5.10.